The van der Waals surface area contributed by atoms with Gasteiger partial charge in [-0.2, -0.15) is 0 Å². The second-order valence-corrected chi connectivity index (χ2v) is 6.43. The lowest BCUT2D eigenvalue weighted by Gasteiger charge is -2.34. The second kappa shape index (κ2) is 7.99. The van der Waals surface area contributed by atoms with Gasteiger partial charge in [0.05, 0.1) is 6.26 Å². The highest BCUT2D eigenvalue weighted by atomic mass is 16.6. The summed E-state index contributed by atoms with van der Waals surface area (Å²) in [5.74, 6) is -1.61. The quantitative estimate of drug-likeness (QED) is 0.439. The third-order valence-electron chi connectivity index (χ3n) is 2.92. The van der Waals surface area contributed by atoms with Gasteiger partial charge in [-0.1, -0.05) is 0 Å². The molecule has 0 bridgehead atoms. The summed E-state index contributed by atoms with van der Waals surface area (Å²) in [6.07, 6.45) is 1.82. The minimum Gasteiger partial charge on any atom is -0.494 e. The third-order valence-corrected chi connectivity index (χ3v) is 2.92. The fourth-order valence-corrected chi connectivity index (χ4v) is 2.06. The molecule has 0 unspecified atom stereocenters. The number of carbonyl (C=O) groups is 3. The summed E-state index contributed by atoms with van der Waals surface area (Å²) in [6, 6.07) is 0. The molecule has 0 spiro atoms. The molecular weight excluding hydrogens is 316 g/mol. The molecule has 24 heavy (non-hydrogen) atoms. The van der Waals surface area contributed by atoms with Gasteiger partial charge in [0.25, 0.3) is 0 Å². The van der Waals surface area contributed by atoms with Crippen LogP contribution in [0.4, 0.5) is 0 Å². The van der Waals surface area contributed by atoms with Crippen LogP contribution < -0.4 is 0 Å². The summed E-state index contributed by atoms with van der Waals surface area (Å²) in [6.45, 7) is 9.45. The normalized spacial score (nSPS) is 23.9. The monoisotopic (exact) mass is 340 g/mol. The van der Waals surface area contributed by atoms with Gasteiger partial charge in [-0.3, -0.25) is 9.59 Å². The van der Waals surface area contributed by atoms with E-state index in [0.717, 1.165) is 0 Å². The van der Waals surface area contributed by atoms with Crippen molar-refractivity contribution >= 4 is 17.9 Å². The molecule has 3 atom stereocenters. The predicted octanol–water partition coefficient (Wildman–Crippen LogP) is 2.05. The average Bonchev–Trinajstić information content (AvgIpc) is 2.39. The molecule has 0 amide bonds. The molecule has 0 saturated carbocycles. The fourth-order valence-electron chi connectivity index (χ4n) is 2.06. The van der Waals surface area contributed by atoms with E-state index in [1.807, 2.05) is 0 Å². The lowest BCUT2D eigenvalue weighted by Crippen LogP contribution is -2.46. The van der Waals surface area contributed by atoms with Crippen molar-refractivity contribution in [1.29, 1.82) is 0 Å². The van der Waals surface area contributed by atoms with E-state index in [4.69, 9.17) is 18.9 Å². The zero-order chi connectivity index (χ0) is 18.5. The lowest BCUT2D eigenvalue weighted by molar-refractivity contribution is -0.173. The number of hydrogen-bond acceptors (Lipinski definition) is 7. The van der Waals surface area contributed by atoms with E-state index in [9.17, 15) is 14.4 Å². The zero-order valence-corrected chi connectivity index (χ0v) is 14.8. The summed E-state index contributed by atoms with van der Waals surface area (Å²) in [4.78, 5) is 34.4. The van der Waals surface area contributed by atoms with Crippen molar-refractivity contribution in [2.75, 3.05) is 0 Å². The Kier molecular flexibility index (Phi) is 6.57. The van der Waals surface area contributed by atoms with Crippen molar-refractivity contribution in [3.63, 3.8) is 0 Å². The number of hydrogen-bond donors (Lipinski definition) is 0. The molecule has 0 fully saturated rings. The molecule has 0 aromatic carbocycles. The number of carbonyl (C=O) groups excluding carboxylic acids is 3. The maximum atomic E-state index is 11.8. The van der Waals surface area contributed by atoms with Crippen LogP contribution in [-0.2, 0) is 33.3 Å². The van der Waals surface area contributed by atoms with Crippen LogP contribution in [0.2, 0.25) is 0 Å². The molecule has 7 heteroatoms. The van der Waals surface area contributed by atoms with Crippen LogP contribution in [-0.4, -0.2) is 41.8 Å². The van der Waals surface area contributed by atoms with Gasteiger partial charge in [0.1, 0.15) is 11.7 Å². The molecule has 1 heterocycles. The van der Waals surface area contributed by atoms with Gasteiger partial charge in [0.2, 0.25) is 0 Å². The van der Waals surface area contributed by atoms with Gasteiger partial charge in [0, 0.05) is 25.5 Å². The van der Waals surface area contributed by atoms with Gasteiger partial charge in [-0.25, -0.2) is 4.79 Å². The molecular formula is C17H24O7. The summed E-state index contributed by atoms with van der Waals surface area (Å²) in [5, 5.41) is 0. The van der Waals surface area contributed by atoms with Crippen LogP contribution in [0.1, 0.15) is 41.5 Å². The summed E-state index contributed by atoms with van der Waals surface area (Å²) < 4.78 is 21.0. The van der Waals surface area contributed by atoms with Gasteiger partial charge in [0.15, 0.2) is 12.2 Å². The van der Waals surface area contributed by atoms with Crippen molar-refractivity contribution in [2.24, 2.45) is 0 Å². The summed E-state index contributed by atoms with van der Waals surface area (Å²) in [7, 11) is 0. The SMILES string of the molecule is CC(=O)O[C@H]1[C@H](C)OC=C(/C=C/C(=O)OC(C)(C)C)[C@@H]1OC(C)=O. The van der Waals surface area contributed by atoms with Crippen molar-refractivity contribution in [2.45, 2.75) is 65.5 Å². The van der Waals surface area contributed by atoms with Gasteiger partial charge in [-0.05, 0) is 33.8 Å². The molecule has 1 aliphatic rings. The number of esters is 3. The largest absolute Gasteiger partial charge is 0.494 e. The lowest BCUT2D eigenvalue weighted by atomic mass is 9.98. The Hall–Kier alpha value is -2.31. The smallest absolute Gasteiger partial charge is 0.331 e. The van der Waals surface area contributed by atoms with Gasteiger partial charge >= 0.3 is 17.9 Å². The molecule has 0 N–H and O–H groups in total. The Balaban J connectivity index is 2.98. The van der Waals surface area contributed by atoms with E-state index in [1.54, 1.807) is 27.7 Å². The summed E-state index contributed by atoms with van der Waals surface area (Å²) >= 11 is 0. The first kappa shape index (κ1) is 19.7. The van der Waals surface area contributed by atoms with Gasteiger partial charge in [-0.15, -0.1) is 0 Å². The van der Waals surface area contributed by atoms with Crippen LogP contribution >= 0.6 is 0 Å². The molecule has 7 nitrogen and oxygen atoms in total. The molecule has 0 radical (unpaired) electrons. The van der Waals surface area contributed by atoms with Gasteiger partial charge < -0.3 is 18.9 Å². The molecule has 0 aromatic heterocycles. The topological polar surface area (TPSA) is 88.1 Å². The van der Waals surface area contributed by atoms with Crippen LogP contribution in [0.15, 0.2) is 24.0 Å². The Morgan fingerprint density at radius 1 is 1.12 bits per heavy atom. The fraction of sp³-hybridized carbons (Fsp3) is 0.588. The molecule has 0 saturated heterocycles. The second-order valence-electron chi connectivity index (χ2n) is 6.43. The van der Waals surface area contributed by atoms with Crippen LogP contribution in [0, 0.1) is 0 Å². The van der Waals surface area contributed by atoms with E-state index >= 15 is 0 Å². The summed E-state index contributed by atoms with van der Waals surface area (Å²) in [5.41, 5.74) is -0.233. The van der Waals surface area contributed by atoms with E-state index in [0.29, 0.717) is 5.57 Å². The molecule has 1 rings (SSSR count). The molecule has 0 aliphatic carbocycles. The van der Waals surface area contributed by atoms with Crippen molar-refractivity contribution in [3.8, 4) is 0 Å². The Morgan fingerprint density at radius 2 is 1.71 bits per heavy atom. The average molecular weight is 340 g/mol. The van der Waals surface area contributed by atoms with E-state index in [-0.39, 0.29) is 0 Å². The van der Waals surface area contributed by atoms with Crippen molar-refractivity contribution in [1.82, 2.24) is 0 Å². The number of rotatable bonds is 4. The molecule has 1 aliphatic heterocycles. The van der Waals surface area contributed by atoms with Crippen molar-refractivity contribution < 1.29 is 33.3 Å². The van der Waals surface area contributed by atoms with E-state index < -0.39 is 41.8 Å². The highest BCUT2D eigenvalue weighted by Gasteiger charge is 2.38. The maximum Gasteiger partial charge on any atom is 0.331 e. The maximum absolute atomic E-state index is 11.8. The predicted molar refractivity (Wildman–Crippen MR) is 84.7 cm³/mol. The Labute approximate surface area is 141 Å². The van der Waals surface area contributed by atoms with Crippen LogP contribution in [0.5, 0.6) is 0 Å². The highest BCUT2D eigenvalue weighted by molar-refractivity contribution is 5.83. The van der Waals surface area contributed by atoms with E-state index in [2.05, 4.69) is 0 Å². The minimum absolute atomic E-state index is 0.389. The first-order valence-electron chi connectivity index (χ1n) is 7.60. The first-order chi connectivity index (χ1) is 11.0. The van der Waals surface area contributed by atoms with Crippen LogP contribution in [0.3, 0.4) is 0 Å². The molecule has 0 aromatic rings. The zero-order valence-electron chi connectivity index (χ0n) is 14.8. The highest BCUT2D eigenvalue weighted by Crippen LogP contribution is 2.26. The standard InChI is InChI=1S/C17H24O7/c1-10-15(22-11(2)18)16(23-12(3)19)13(9-21-10)7-8-14(20)24-17(4,5)6/h7-10,15-16H,1-6H3/b8-7+/t10-,15-,16-/m0/s1. The number of ether oxygens (including phenoxy) is 4. The van der Waals surface area contributed by atoms with E-state index in [1.165, 1.54) is 32.3 Å². The first-order valence-corrected chi connectivity index (χ1v) is 7.60. The minimum atomic E-state index is -0.867. The van der Waals surface area contributed by atoms with Crippen molar-refractivity contribution in [3.05, 3.63) is 24.0 Å². The third kappa shape index (κ3) is 6.44. The molecule has 134 valence electrons. The van der Waals surface area contributed by atoms with Crippen LogP contribution in [0.25, 0.3) is 0 Å². The Bertz CT molecular complexity index is 554. The Morgan fingerprint density at radius 3 is 2.21 bits per heavy atom.